The van der Waals surface area contributed by atoms with Crippen LogP contribution >= 0.6 is 23.2 Å². The molecule has 2 N–H and O–H groups in total. The van der Waals surface area contributed by atoms with Crippen LogP contribution in [0.3, 0.4) is 0 Å². The third-order valence-corrected chi connectivity index (χ3v) is 3.95. The number of rotatable bonds is 6. The largest absolute Gasteiger partial charge is 0.477 e. The van der Waals surface area contributed by atoms with Gasteiger partial charge in [-0.15, -0.1) is 5.10 Å². The number of aromatic carboxylic acids is 1. The Bertz CT molecular complexity index is 968. The van der Waals surface area contributed by atoms with Gasteiger partial charge in [-0.05, 0) is 23.8 Å². The van der Waals surface area contributed by atoms with Crippen LogP contribution in [0.5, 0.6) is 0 Å². The number of hydrogen-bond acceptors (Lipinski definition) is 5. The Morgan fingerprint density at radius 3 is 2.77 bits per heavy atom. The molecule has 2 heterocycles. The summed E-state index contributed by atoms with van der Waals surface area (Å²) < 4.78 is 2.57. The molecule has 9 nitrogen and oxygen atoms in total. The number of nitrogens with one attached hydrogen (secondary N) is 1. The van der Waals surface area contributed by atoms with Crippen LogP contribution in [0, 0.1) is 0 Å². The highest BCUT2D eigenvalue weighted by atomic mass is 35.5. The van der Waals surface area contributed by atoms with Crippen molar-refractivity contribution in [2.45, 2.75) is 13.1 Å². The molecule has 0 aliphatic carbocycles. The van der Waals surface area contributed by atoms with E-state index >= 15 is 0 Å². The van der Waals surface area contributed by atoms with Crippen molar-refractivity contribution in [1.82, 2.24) is 24.5 Å². The molecule has 3 aromatic rings. The first-order valence-corrected chi connectivity index (χ1v) is 8.06. The van der Waals surface area contributed by atoms with Gasteiger partial charge in [0.2, 0.25) is 11.9 Å². The Balaban J connectivity index is 1.63. The zero-order valence-corrected chi connectivity index (χ0v) is 14.6. The summed E-state index contributed by atoms with van der Waals surface area (Å²) in [5.74, 6) is -1.58. The molecule has 1 aromatic carbocycles. The molecule has 0 aliphatic rings. The van der Waals surface area contributed by atoms with Crippen molar-refractivity contribution < 1.29 is 14.7 Å². The summed E-state index contributed by atoms with van der Waals surface area (Å²) in [6.07, 6.45) is 2.75. The fourth-order valence-corrected chi connectivity index (χ4v) is 2.66. The number of carboxylic acids is 1. The Morgan fingerprint density at radius 1 is 1.23 bits per heavy atom. The Hall–Kier alpha value is -2.91. The summed E-state index contributed by atoms with van der Waals surface area (Å²) >= 11 is 12.0. The first-order chi connectivity index (χ1) is 12.4. The van der Waals surface area contributed by atoms with Crippen LogP contribution in [0.4, 0.5) is 5.95 Å². The van der Waals surface area contributed by atoms with E-state index in [2.05, 4.69) is 20.5 Å². The molecule has 11 heteroatoms. The number of carbonyl (C=O) groups is 2. The summed E-state index contributed by atoms with van der Waals surface area (Å²) in [6, 6.07) is 6.42. The van der Waals surface area contributed by atoms with Crippen LogP contribution in [0.2, 0.25) is 10.0 Å². The Kier molecular flexibility index (Phi) is 5.19. The number of halogens is 2. The fourth-order valence-electron chi connectivity index (χ4n) is 2.19. The van der Waals surface area contributed by atoms with Crippen LogP contribution in [0.1, 0.15) is 16.1 Å². The maximum Gasteiger partial charge on any atom is 0.354 e. The van der Waals surface area contributed by atoms with Crippen molar-refractivity contribution in [3.63, 3.8) is 0 Å². The summed E-state index contributed by atoms with van der Waals surface area (Å²) in [7, 11) is 0. The van der Waals surface area contributed by atoms with E-state index in [4.69, 9.17) is 28.3 Å². The Morgan fingerprint density at radius 2 is 2.04 bits per heavy atom. The minimum atomic E-state index is -1.17. The number of hydrogen-bond donors (Lipinski definition) is 2. The molecule has 134 valence electrons. The van der Waals surface area contributed by atoms with E-state index in [1.807, 2.05) is 0 Å². The third-order valence-electron chi connectivity index (χ3n) is 3.36. The number of carbonyl (C=O) groups excluding carboxylic acids is 1. The predicted octanol–water partition coefficient (Wildman–Crippen LogP) is 2.17. The van der Waals surface area contributed by atoms with Crippen LogP contribution in [-0.2, 0) is 17.9 Å². The lowest BCUT2D eigenvalue weighted by Crippen LogP contribution is -2.22. The number of carboxylic acid groups (broad SMARTS) is 1. The molecule has 0 spiro atoms. The van der Waals surface area contributed by atoms with Crippen molar-refractivity contribution in [2.75, 3.05) is 5.32 Å². The number of anilines is 1. The van der Waals surface area contributed by atoms with E-state index in [1.165, 1.54) is 23.3 Å². The summed E-state index contributed by atoms with van der Waals surface area (Å²) in [4.78, 5) is 27.0. The van der Waals surface area contributed by atoms with E-state index in [1.54, 1.807) is 18.2 Å². The van der Waals surface area contributed by atoms with Crippen molar-refractivity contribution in [3.8, 4) is 0 Å². The lowest BCUT2D eigenvalue weighted by molar-refractivity contribution is -0.117. The average molecular weight is 395 g/mol. The maximum atomic E-state index is 12.0. The highest BCUT2D eigenvalue weighted by Gasteiger charge is 2.14. The molecule has 0 aliphatic heterocycles. The predicted molar refractivity (Wildman–Crippen MR) is 93.4 cm³/mol. The molecule has 0 unspecified atom stereocenters. The van der Waals surface area contributed by atoms with Gasteiger partial charge in [0.1, 0.15) is 18.6 Å². The quantitative estimate of drug-likeness (QED) is 0.661. The van der Waals surface area contributed by atoms with Gasteiger partial charge >= 0.3 is 5.97 Å². The molecular weight excluding hydrogens is 383 g/mol. The summed E-state index contributed by atoms with van der Waals surface area (Å²) in [5, 5.41) is 20.4. The molecule has 3 rings (SSSR count). The van der Waals surface area contributed by atoms with Gasteiger partial charge in [-0.3, -0.25) is 10.1 Å². The first kappa shape index (κ1) is 17.9. The molecule has 1 amide bonds. The van der Waals surface area contributed by atoms with Crippen molar-refractivity contribution >= 4 is 41.0 Å². The van der Waals surface area contributed by atoms with Gasteiger partial charge in [-0.25, -0.2) is 19.1 Å². The second-order valence-electron chi connectivity index (χ2n) is 5.23. The van der Waals surface area contributed by atoms with Crippen molar-refractivity contribution in [2.24, 2.45) is 0 Å². The minimum absolute atomic E-state index is 0.0870. The minimum Gasteiger partial charge on any atom is -0.477 e. The smallest absolute Gasteiger partial charge is 0.354 e. The van der Waals surface area contributed by atoms with E-state index in [0.29, 0.717) is 16.6 Å². The molecule has 0 saturated heterocycles. The molecule has 26 heavy (non-hydrogen) atoms. The molecule has 2 aromatic heterocycles. The first-order valence-electron chi connectivity index (χ1n) is 7.30. The van der Waals surface area contributed by atoms with Crippen LogP contribution in [0.15, 0.2) is 36.8 Å². The van der Waals surface area contributed by atoms with E-state index in [0.717, 1.165) is 10.2 Å². The number of benzene rings is 1. The van der Waals surface area contributed by atoms with Crippen LogP contribution in [-0.4, -0.2) is 41.5 Å². The van der Waals surface area contributed by atoms with Gasteiger partial charge in [-0.1, -0.05) is 29.3 Å². The second-order valence-corrected chi connectivity index (χ2v) is 6.07. The molecule has 0 saturated carbocycles. The second kappa shape index (κ2) is 7.54. The Labute approximate surface area is 157 Å². The fraction of sp³-hybridized carbons (Fsp3) is 0.133. The SMILES string of the molecule is O=C(Cn1nccc1C(=O)O)Nc1ncn(Cc2ccc(Cl)cc2Cl)n1. The molecule has 0 radical (unpaired) electrons. The van der Waals surface area contributed by atoms with Crippen molar-refractivity contribution in [1.29, 1.82) is 0 Å². The monoisotopic (exact) mass is 394 g/mol. The van der Waals surface area contributed by atoms with E-state index < -0.39 is 11.9 Å². The van der Waals surface area contributed by atoms with Gasteiger partial charge in [0.05, 0.1) is 6.54 Å². The third kappa shape index (κ3) is 4.19. The summed E-state index contributed by atoms with van der Waals surface area (Å²) in [6.45, 7) is 0.0768. The highest BCUT2D eigenvalue weighted by molar-refractivity contribution is 6.35. The number of amides is 1. The maximum absolute atomic E-state index is 12.0. The van der Waals surface area contributed by atoms with Gasteiger partial charge in [0.25, 0.3) is 0 Å². The van der Waals surface area contributed by atoms with E-state index in [9.17, 15) is 9.59 Å². The lowest BCUT2D eigenvalue weighted by Gasteiger charge is -2.05. The number of nitrogens with zero attached hydrogens (tertiary/aromatic N) is 5. The zero-order chi connectivity index (χ0) is 18.7. The normalized spacial score (nSPS) is 10.7. The molecule has 0 bridgehead atoms. The molecule has 0 fully saturated rings. The van der Waals surface area contributed by atoms with Crippen molar-refractivity contribution in [3.05, 3.63) is 58.1 Å². The van der Waals surface area contributed by atoms with Crippen LogP contribution in [0.25, 0.3) is 0 Å². The van der Waals surface area contributed by atoms with Crippen LogP contribution < -0.4 is 5.32 Å². The standard InChI is InChI=1S/C15H12Cl2N6O3/c16-10-2-1-9(11(17)5-10)6-22-8-18-15(21-22)20-13(24)7-23-12(14(25)26)3-4-19-23/h1-5,8H,6-7H2,(H,25,26)(H,20,21,24). The van der Waals surface area contributed by atoms with E-state index in [-0.39, 0.29) is 18.2 Å². The van der Waals surface area contributed by atoms with Gasteiger partial charge in [0.15, 0.2) is 0 Å². The van der Waals surface area contributed by atoms with Gasteiger partial charge < -0.3 is 5.11 Å². The average Bonchev–Trinajstić information content (AvgIpc) is 3.19. The zero-order valence-electron chi connectivity index (χ0n) is 13.1. The van der Waals surface area contributed by atoms with Gasteiger partial charge in [-0.2, -0.15) is 5.10 Å². The van der Waals surface area contributed by atoms with Gasteiger partial charge in [0, 0.05) is 16.2 Å². The molecule has 0 atom stereocenters. The topological polar surface area (TPSA) is 115 Å². The summed E-state index contributed by atoms with van der Waals surface area (Å²) in [5.41, 5.74) is 0.706. The lowest BCUT2D eigenvalue weighted by atomic mass is 10.2. The molecular formula is C15H12Cl2N6O3. The number of aromatic nitrogens is 5. The highest BCUT2D eigenvalue weighted by Crippen LogP contribution is 2.21.